The van der Waals surface area contributed by atoms with Gasteiger partial charge in [0.1, 0.15) is 12.0 Å². The molecular weight excluding hydrogens is 265 g/mol. The first kappa shape index (κ1) is 7.79. The van der Waals surface area contributed by atoms with E-state index in [-0.39, 0.29) is 0 Å². The summed E-state index contributed by atoms with van der Waals surface area (Å²) in [5, 5.41) is 3.87. The van der Waals surface area contributed by atoms with Crippen LogP contribution in [0.25, 0.3) is 11.3 Å². The Hall–Kier alpha value is -0.840. The van der Waals surface area contributed by atoms with Crippen molar-refractivity contribution >= 4 is 22.6 Å². The maximum absolute atomic E-state index is 4.77. The molecule has 12 heavy (non-hydrogen) atoms. The lowest BCUT2D eigenvalue weighted by Crippen LogP contribution is -1.80. The van der Waals surface area contributed by atoms with Crippen LogP contribution in [0.1, 0.15) is 0 Å². The summed E-state index contributed by atoms with van der Waals surface area (Å²) in [5.74, 6) is 0. The van der Waals surface area contributed by atoms with Crippen molar-refractivity contribution in [2.24, 2.45) is 0 Å². The second-order valence-corrected chi connectivity index (χ2v) is 3.53. The fourth-order valence-electron chi connectivity index (χ4n) is 1.02. The van der Waals surface area contributed by atoms with Crippen LogP contribution in [0.2, 0.25) is 0 Å². The van der Waals surface area contributed by atoms with Gasteiger partial charge in [0.25, 0.3) is 0 Å². The molecule has 0 spiro atoms. The molecule has 0 saturated heterocycles. The first-order valence-corrected chi connectivity index (χ1v) is 4.61. The lowest BCUT2D eigenvalue weighted by molar-refractivity contribution is 0.422. The van der Waals surface area contributed by atoms with Crippen LogP contribution in [0, 0.1) is 3.57 Å². The molecule has 0 aliphatic heterocycles. The molecule has 0 fully saturated rings. The summed E-state index contributed by atoms with van der Waals surface area (Å²) < 4.78 is 5.95. The molecule has 60 valence electrons. The second kappa shape index (κ2) is 3.26. The molecule has 0 saturated carbocycles. The molecule has 0 amide bonds. The zero-order valence-electron chi connectivity index (χ0n) is 6.20. The predicted molar refractivity (Wildman–Crippen MR) is 54.7 cm³/mol. The summed E-state index contributed by atoms with van der Waals surface area (Å²) in [6.45, 7) is 0. The molecule has 0 atom stereocenters. The van der Waals surface area contributed by atoms with Crippen LogP contribution in [-0.4, -0.2) is 5.16 Å². The maximum atomic E-state index is 4.77. The number of benzene rings is 1. The van der Waals surface area contributed by atoms with Crippen LogP contribution in [0.15, 0.2) is 41.1 Å². The highest BCUT2D eigenvalue weighted by atomic mass is 127. The largest absolute Gasteiger partial charge is 0.364 e. The molecule has 0 unspecified atom stereocenters. The lowest BCUT2D eigenvalue weighted by Gasteiger charge is -1.97. The van der Waals surface area contributed by atoms with E-state index in [1.807, 2.05) is 30.3 Å². The van der Waals surface area contributed by atoms with Crippen molar-refractivity contribution in [2.75, 3.05) is 0 Å². The third-order valence-corrected chi connectivity index (χ3v) is 2.53. The van der Waals surface area contributed by atoms with E-state index in [4.69, 9.17) is 4.52 Å². The van der Waals surface area contributed by atoms with Gasteiger partial charge in [-0.25, -0.2) is 0 Å². The fraction of sp³-hybridized carbons (Fsp3) is 0. The van der Waals surface area contributed by atoms with Crippen LogP contribution in [0.4, 0.5) is 0 Å². The number of halogens is 1. The monoisotopic (exact) mass is 271 g/mol. The molecule has 0 radical (unpaired) electrons. The molecule has 0 aliphatic carbocycles. The van der Waals surface area contributed by atoms with Gasteiger partial charge in [0.2, 0.25) is 0 Å². The highest BCUT2D eigenvalue weighted by molar-refractivity contribution is 14.1. The van der Waals surface area contributed by atoms with Gasteiger partial charge in [0.05, 0.1) is 0 Å². The molecule has 1 heterocycles. The summed E-state index contributed by atoms with van der Waals surface area (Å²) in [6, 6.07) is 9.93. The summed E-state index contributed by atoms with van der Waals surface area (Å²) in [6.07, 6.45) is 1.58. The number of hydrogen-bond donors (Lipinski definition) is 0. The van der Waals surface area contributed by atoms with Crippen LogP contribution >= 0.6 is 22.6 Å². The Morgan fingerprint density at radius 1 is 1.17 bits per heavy atom. The summed E-state index contributed by atoms with van der Waals surface area (Å²) in [7, 11) is 0. The third kappa shape index (κ3) is 1.36. The highest BCUT2D eigenvalue weighted by Gasteiger charge is 2.03. The Morgan fingerprint density at radius 2 is 2.00 bits per heavy atom. The average Bonchev–Trinajstić information content (AvgIpc) is 2.57. The van der Waals surface area contributed by atoms with Crippen LogP contribution in [0.5, 0.6) is 0 Å². The van der Waals surface area contributed by atoms with Crippen LogP contribution < -0.4 is 0 Å². The average molecular weight is 271 g/mol. The Bertz CT molecular complexity index is 370. The minimum atomic E-state index is 0.889. The molecule has 1 aromatic carbocycles. The summed E-state index contributed by atoms with van der Waals surface area (Å²) in [5.41, 5.74) is 2.01. The minimum absolute atomic E-state index is 0.889. The molecule has 0 aliphatic rings. The Kier molecular flexibility index (Phi) is 2.12. The molecule has 2 aromatic rings. The van der Waals surface area contributed by atoms with Crippen molar-refractivity contribution < 1.29 is 4.52 Å². The number of rotatable bonds is 1. The van der Waals surface area contributed by atoms with Crippen LogP contribution in [0.3, 0.4) is 0 Å². The van der Waals surface area contributed by atoms with E-state index >= 15 is 0 Å². The van der Waals surface area contributed by atoms with E-state index in [1.165, 1.54) is 3.57 Å². The molecule has 1 aromatic heterocycles. The Morgan fingerprint density at radius 3 is 2.67 bits per heavy atom. The predicted octanol–water partition coefficient (Wildman–Crippen LogP) is 2.95. The Balaban J connectivity index is 2.55. The van der Waals surface area contributed by atoms with Crippen molar-refractivity contribution in [3.8, 4) is 11.3 Å². The Labute approximate surface area is 83.7 Å². The van der Waals surface area contributed by atoms with E-state index in [2.05, 4.69) is 27.7 Å². The van der Waals surface area contributed by atoms with Gasteiger partial charge in [-0.3, -0.25) is 0 Å². The number of aromatic nitrogens is 1. The molecule has 3 heteroatoms. The van der Waals surface area contributed by atoms with E-state index < -0.39 is 0 Å². The van der Waals surface area contributed by atoms with Crippen LogP contribution in [-0.2, 0) is 0 Å². The molecule has 2 nitrogen and oxygen atoms in total. The smallest absolute Gasteiger partial charge is 0.124 e. The zero-order chi connectivity index (χ0) is 8.39. The van der Waals surface area contributed by atoms with Gasteiger partial charge in [0.15, 0.2) is 0 Å². The fourth-order valence-corrected chi connectivity index (χ4v) is 1.68. The van der Waals surface area contributed by atoms with Gasteiger partial charge < -0.3 is 4.52 Å². The molecular formula is C9H6INO. The van der Waals surface area contributed by atoms with Crippen molar-refractivity contribution in [1.29, 1.82) is 0 Å². The molecule has 2 rings (SSSR count). The van der Waals surface area contributed by atoms with Crippen molar-refractivity contribution in [2.45, 2.75) is 0 Å². The topological polar surface area (TPSA) is 26.0 Å². The second-order valence-electron chi connectivity index (χ2n) is 2.36. The third-order valence-electron chi connectivity index (χ3n) is 1.59. The van der Waals surface area contributed by atoms with E-state index in [1.54, 1.807) is 6.26 Å². The summed E-state index contributed by atoms with van der Waals surface area (Å²) >= 11 is 2.28. The molecule has 0 bridgehead atoms. The first-order valence-electron chi connectivity index (χ1n) is 3.53. The van der Waals surface area contributed by atoms with Crippen molar-refractivity contribution in [3.05, 3.63) is 40.2 Å². The highest BCUT2D eigenvalue weighted by Crippen LogP contribution is 2.22. The van der Waals surface area contributed by atoms with Crippen molar-refractivity contribution in [3.63, 3.8) is 0 Å². The summed E-state index contributed by atoms with van der Waals surface area (Å²) in [4.78, 5) is 0. The zero-order valence-corrected chi connectivity index (χ0v) is 8.36. The van der Waals surface area contributed by atoms with Gasteiger partial charge >= 0.3 is 0 Å². The van der Waals surface area contributed by atoms with E-state index in [0.717, 1.165) is 11.3 Å². The SMILES string of the molecule is Ic1ccccc1-c1ccon1. The van der Waals surface area contributed by atoms with Gasteiger partial charge in [-0.1, -0.05) is 23.4 Å². The minimum Gasteiger partial charge on any atom is -0.364 e. The lowest BCUT2D eigenvalue weighted by atomic mass is 10.2. The van der Waals surface area contributed by atoms with E-state index in [0.29, 0.717) is 0 Å². The maximum Gasteiger partial charge on any atom is 0.124 e. The van der Waals surface area contributed by atoms with Gasteiger partial charge in [-0.2, -0.15) is 0 Å². The first-order chi connectivity index (χ1) is 5.88. The quantitative estimate of drug-likeness (QED) is 0.745. The number of hydrogen-bond acceptors (Lipinski definition) is 2. The molecule has 0 N–H and O–H groups in total. The van der Waals surface area contributed by atoms with Crippen molar-refractivity contribution in [1.82, 2.24) is 5.16 Å². The van der Waals surface area contributed by atoms with E-state index in [9.17, 15) is 0 Å². The number of nitrogens with zero attached hydrogens (tertiary/aromatic N) is 1. The normalized spacial score (nSPS) is 10.1. The standard InChI is InChI=1S/C9H6INO/c10-8-4-2-1-3-7(8)9-5-6-12-11-9/h1-6H. The van der Waals surface area contributed by atoms with Gasteiger partial charge in [-0.05, 0) is 28.7 Å². The van der Waals surface area contributed by atoms with Gasteiger partial charge in [-0.15, -0.1) is 0 Å². The van der Waals surface area contributed by atoms with Gasteiger partial charge in [0, 0.05) is 15.2 Å².